The highest BCUT2D eigenvalue weighted by molar-refractivity contribution is 5.99. The third-order valence-electron chi connectivity index (χ3n) is 5.67. The van der Waals surface area contributed by atoms with Gasteiger partial charge in [-0.05, 0) is 43.9 Å². The molecule has 0 aliphatic carbocycles. The average Bonchev–Trinajstić information content (AvgIpc) is 3.08. The Balaban J connectivity index is 1.82. The van der Waals surface area contributed by atoms with Gasteiger partial charge in [-0.3, -0.25) is 9.69 Å². The lowest BCUT2D eigenvalue weighted by molar-refractivity contribution is 0.0222. The van der Waals surface area contributed by atoms with Crippen LogP contribution in [0.1, 0.15) is 48.5 Å². The Bertz CT molecular complexity index is 687. The van der Waals surface area contributed by atoms with Crippen LogP contribution in [-0.2, 0) is 0 Å². The number of rotatable bonds is 5. The molecule has 142 valence electrons. The Morgan fingerprint density at radius 1 is 1.35 bits per heavy atom. The summed E-state index contributed by atoms with van der Waals surface area (Å²) in [6.45, 7) is 6.75. The van der Waals surface area contributed by atoms with Crippen molar-refractivity contribution >= 4 is 17.6 Å². The molecule has 2 N–H and O–H groups in total. The number of nitrogens with zero attached hydrogens (tertiary/aromatic N) is 2. The fraction of sp³-hybridized carbons (Fsp3) is 0.600. The molecule has 6 nitrogen and oxygen atoms in total. The average molecular weight is 359 g/mol. The van der Waals surface area contributed by atoms with Crippen molar-refractivity contribution < 1.29 is 14.7 Å². The zero-order valence-corrected chi connectivity index (χ0v) is 15.8. The number of aliphatic hydroxyl groups excluding tert-OH is 1. The number of aryl methyl sites for hydroxylation is 1. The first-order valence-electron chi connectivity index (χ1n) is 9.56. The number of amides is 3. The third kappa shape index (κ3) is 3.56. The summed E-state index contributed by atoms with van der Waals surface area (Å²) in [6.07, 6.45) is 3.81. The van der Waals surface area contributed by atoms with E-state index in [9.17, 15) is 14.7 Å². The van der Waals surface area contributed by atoms with Gasteiger partial charge in [0.2, 0.25) is 0 Å². The molecular formula is C20H29N3O3. The maximum absolute atomic E-state index is 13.1. The maximum Gasteiger partial charge on any atom is 0.322 e. The van der Waals surface area contributed by atoms with E-state index >= 15 is 0 Å². The molecule has 0 bridgehead atoms. The smallest absolute Gasteiger partial charge is 0.322 e. The van der Waals surface area contributed by atoms with Crippen LogP contribution in [-0.4, -0.2) is 54.7 Å². The van der Waals surface area contributed by atoms with Gasteiger partial charge < -0.3 is 15.3 Å². The predicted octanol–water partition coefficient (Wildman–Crippen LogP) is 2.54. The summed E-state index contributed by atoms with van der Waals surface area (Å²) in [7, 11) is 0. The highest BCUT2D eigenvalue weighted by Crippen LogP contribution is 2.35. The van der Waals surface area contributed by atoms with Crippen molar-refractivity contribution in [2.45, 2.75) is 39.5 Å². The minimum Gasteiger partial charge on any atom is -0.396 e. The van der Waals surface area contributed by atoms with Gasteiger partial charge in [0.1, 0.15) is 0 Å². The van der Waals surface area contributed by atoms with E-state index in [0.717, 1.165) is 43.5 Å². The number of urea groups is 1. The second-order valence-corrected chi connectivity index (χ2v) is 7.62. The van der Waals surface area contributed by atoms with Crippen LogP contribution >= 0.6 is 0 Å². The van der Waals surface area contributed by atoms with Crippen molar-refractivity contribution in [2.24, 2.45) is 5.41 Å². The quantitative estimate of drug-likeness (QED) is 0.848. The molecule has 0 radical (unpaired) electrons. The van der Waals surface area contributed by atoms with Crippen LogP contribution in [0.5, 0.6) is 0 Å². The minimum absolute atomic E-state index is 0.0144. The van der Waals surface area contributed by atoms with Crippen LogP contribution in [0.2, 0.25) is 0 Å². The van der Waals surface area contributed by atoms with E-state index in [4.69, 9.17) is 0 Å². The Kier molecular flexibility index (Phi) is 5.51. The summed E-state index contributed by atoms with van der Waals surface area (Å²) < 4.78 is 0. The van der Waals surface area contributed by atoms with Crippen LogP contribution in [0, 0.1) is 12.3 Å². The van der Waals surface area contributed by atoms with Gasteiger partial charge in [-0.1, -0.05) is 19.4 Å². The third-order valence-corrected chi connectivity index (χ3v) is 5.67. The molecule has 26 heavy (non-hydrogen) atoms. The van der Waals surface area contributed by atoms with Crippen LogP contribution in [0.4, 0.5) is 10.5 Å². The minimum atomic E-state index is -0.176. The number of hydrogen-bond donors (Lipinski definition) is 2. The fourth-order valence-electron chi connectivity index (χ4n) is 4.24. The number of carbonyl (C=O) groups is 2. The van der Waals surface area contributed by atoms with Gasteiger partial charge >= 0.3 is 6.03 Å². The summed E-state index contributed by atoms with van der Waals surface area (Å²) >= 11 is 0. The van der Waals surface area contributed by atoms with Crippen molar-refractivity contribution in [1.82, 2.24) is 10.2 Å². The van der Waals surface area contributed by atoms with Crippen molar-refractivity contribution in [3.8, 4) is 0 Å². The molecule has 2 heterocycles. The van der Waals surface area contributed by atoms with Crippen LogP contribution in [0.3, 0.4) is 0 Å². The van der Waals surface area contributed by atoms with Crippen molar-refractivity contribution in [1.29, 1.82) is 0 Å². The van der Waals surface area contributed by atoms with E-state index in [1.807, 2.05) is 30.0 Å². The molecule has 2 aliphatic rings. The first kappa shape index (κ1) is 18.7. The van der Waals surface area contributed by atoms with Gasteiger partial charge in [0.15, 0.2) is 0 Å². The van der Waals surface area contributed by atoms with Gasteiger partial charge in [0, 0.05) is 42.8 Å². The van der Waals surface area contributed by atoms with Gasteiger partial charge in [0.05, 0.1) is 6.61 Å². The molecule has 0 saturated carbocycles. The first-order valence-corrected chi connectivity index (χ1v) is 9.56. The molecule has 0 spiro atoms. The Hall–Kier alpha value is -2.08. The summed E-state index contributed by atoms with van der Waals surface area (Å²) in [5, 5.41) is 12.7. The summed E-state index contributed by atoms with van der Waals surface area (Å²) in [5.74, 6) is -0.0144. The van der Waals surface area contributed by atoms with E-state index in [2.05, 4.69) is 12.2 Å². The SMILES string of the molecule is CCC[C@@]1(CO)CCCN(C(=O)c2ccc(C)c(N3CCNC3=O)c2)C1. The first-order chi connectivity index (χ1) is 12.5. The zero-order valence-electron chi connectivity index (χ0n) is 15.8. The molecule has 6 heteroatoms. The Labute approximate surface area is 155 Å². The summed E-state index contributed by atoms with van der Waals surface area (Å²) in [5.41, 5.74) is 2.21. The largest absolute Gasteiger partial charge is 0.396 e. The molecule has 2 aliphatic heterocycles. The number of anilines is 1. The van der Waals surface area contributed by atoms with E-state index in [1.165, 1.54) is 0 Å². The molecule has 1 aromatic carbocycles. The fourth-order valence-corrected chi connectivity index (χ4v) is 4.24. The van der Waals surface area contributed by atoms with Gasteiger partial charge in [0.25, 0.3) is 5.91 Å². The normalized spacial score (nSPS) is 23.3. The lowest BCUT2D eigenvalue weighted by Gasteiger charge is -2.42. The zero-order chi connectivity index (χ0) is 18.7. The molecule has 0 unspecified atom stereocenters. The second kappa shape index (κ2) is 7.66. The van der Waals surface area contributed by atoms with E-state index in [-0.39, 0.29) is 24.0 Å². The van der Waals surface area contributed by atoms with Gasteiger partial charge in [-0.25, -0.2) is 4.79 Å². The Morgan fingerprint density at radius 3 is 2.81 bits per heavy atom. The number of benzene rings is 1. The molecule has 2 fully saturated rings. The van der Waals surface area contributed by atoms with Gasteiger partial charge in [-0.2, -0.15) is 0 Å². The predicted molar refractivity (Wildman–Crippen MR) is 101 cm³/mol. The van der Waals surface area contributed by atoms with Crippen LogP contribution in [0.25, 0.3) is 0 Å². The standard InChI is InChI=1S/C20H29N3O3/c1-3-7-20(14-24)8-4-10-22(13-20)18(25)16-6-5-15(2)17(12-16)23-11-9-21-19(23)26/h5-6,12,24H,3-4,7-11,13-14H2,1-2H3,(H,21,26)/t20-/m1/s1. The van der Waals surface area contributed by atoms with E-state index in [0.29, 0.717) is 25.2 Å². The number of nitrogens with one attached hydrogen (secondary N) is 1. The van der Waals surface area contributed by atoms with Crippen molar-refractivity contribution in [2.75, 3.05) is 37.7 Å². The topological polar surface area (TPSA) is 72.9 Å². The molecule has 2 saturated heterocycles. The molecule has 1 atom stereocenters. The molecular weight excluding hydrogens is 330 g/mol. The van der Waals surface area contributed by atoms with Gasteiger partial charge in [-0.15, -0.1) is 0 Å². The Morgan fingerprint density at radius 2 is 2.15 bits per heavy atom. The monoisotopic (exact) mass is 359 g/mol. The number of hydrogen-bond acceptors (Lipinski definition) is 3. The number of likely N-dealkylation sites (tertiary alicyclic amines) is 1. The molecule has 3 amide bonds. The second-order valence-electron chi connectivity index (χ2n) is 7.62. The molecule has 1 aromatic rings. The van der Waals surface area contributed by atoms with E-state index in [1.54, 1.807) is 4.90 Å². The van der Waals surface area contributed by atoms with E-state index < -0.39 is 0 Å². The molecule has 0 aromatic heterocycles. The lowest BCUT2D eigenvalue weighted by Crippen LogP contribution is -2.47. The molecule has 3 rings (SSSR count). The number of aliphatic hydroxyl groups is 1. The summed E-state index contributed by atoms with van der Waals surface area (Å²) in [4.78, 5) is 28.7. The number of carbonyl (C=O) groups excluding carboxylic acids is 2. The number of piperidine rings is 1. The van der Waals surface area contributed by atoms with Crippen molar-refractivity contribution in [3.05, 3.63) is 29.3 Å². The lowest BCUT2D eigenvalue weighted by atomic mass is 9.77. The maximum atomic E-state index is 13.1. The highest BCUT2D eigenvalue weighted by atomic mass is 16.3. The van der Waals surface area contributed by atoms with Crippen LogP contribution < -0.4 is 10.2 Å². The van der Waals surface area contributed by atoms with Crippen molar-refractivity contribution in [3.63, 3.8) is 0 Å². The summed E-state index contributed by atoms with van der Waals surface area (Å²) in [6, 6.07) is 5.46. The highest BCUT2D eigenvalue weighted by Gasteiger charge is 2.36. The van der Waals surface area contributed by atoms with Crippen LogP contribution in [0.15, 0.2) is 18.2 Å².